The van der Waals surface area contributed by atoms with Crippen LogP contribution in [0.25, 0.3) is 11.0 Å². The number of nitrogens with one attached hydrogen (secondary N) is 1. The highest BCUT2D eigenvalue weighted by Crippen LogP contribution is 2.26. The van der Waals surface area contributed by atoms with Crippen molar-refractivity contribution in [3.63, 3.8) is 0 Å². The number of fused-ring (bicyclic) bond motifs is 1. The van der Waals surface area contributed by atoms with Gasteiger partial charge >= 0.3 is 5.97 Å². The topological polar surface area (TPSA) is 183 Å². The first-order chi connectivity index (χ1) is 16.6. The molecule has 16 heteroatoms. The third-order valence-corrected chi connectivity index (χ3v) is 7.00. The lowest BCUT2D eigenvalue weighted by molar-refractivity contribution is -0.139. The molecule has 1 atom stereocenters. The fourth-order valence-electron chi connectivity index (χ4n) is 3.17. The van der Waals surface area contributed by atoms with Gasteiger partial charge in [0, 0.05) is 16.5 Å². The highest BCUT2D eigenvalue weighted by molar-refractivity contribution is 7.89. The van der Waals surface area contributed by atoms with Crippen LogP contribution in [-0.4, -0.2) is 61.8 Å². The lowest BCUT2D eigenvalue weighted by Crippen LogP contribution is -2.44. The zero-order valence-corrected chi connectivity index (χ0v) is 19.8. The normalized spacial score (nSPS) is 12.6. The predicted molar refractivity (Wildman–Crippen MR) is 120 cm³/mol. The van der Waals surface area contributed by atoms with Gasteiger partial charge in [0.05, 0.1) is 12.5 Å². The average molecular weight is 540 g/mol. The highest BCUT2D eigenvalue weighted by Gasteiger charge is 2.30. The summed E-state index contributed by atoms with van der Waals surface area (Å²) in [5, 5.41) is 28.9. The number of aromatic nitrogens is 6. The van der Waals surface area contributed by atoms with E-state index >= 15 is 0 Å². The Morgan fingerprint density at radius 1 is 1.11 bits per heavy atom. The van der Waals surface area contributed by atoms with Gasteiger partial charge in [-0.05, 0) is 45.4 Å². The lowest BCUT2D eigenvalue weighted by atomic mass is 10.1. The number of rotatable bonds is 10. The van der Waals surface area contributed by atoms with E-state index in [2.05, 4.69) is 35.1 Å². The van der Waals surface area contributed by atoms with Crippen molar-refractivity contribution in [2.45, 2.75) is 30.3 Å². The minimum atomic E-state index is -4.38. The molecule has 2 aromatic heterocycles. The largest absolute Gasteiger partial charge is 0.481 e. The predicted octanol–water partition coefficient (Wildman–Crippen LogP) is 1.50. The molecule has 0 fully saturated rings. The van der Waals surface area contributed by atoms with Crippen molar-refractivity contribution in [2.24, 2.45) is 0 Å². The molecule has 0 amide bonds. The van der Waals surface area contributed by atoms with Crippen molar-refractivity contribution in [3.05, 3.63) is 57.8 Å². The number of Topliss-reactive ketones (excluding diaryl/α,β-unsaturated/α-hetero) is 1. The molecule has 0 saturated carbocycles. The van der Waals surface area contributed by atoms with Gasteiger partial charge in [-0.2, -0.15) is 9.52 Å². The average Bonchev–Trinajstić information content (AvgIpc) is 3.44. The number of carboxylic acid groups (broad SMARTS) is 1. The molecule has 182 valence electrons. The number of carbonyl (C=O) groups excluding carboxylic acids is 1. The fourth-order valence-corrected chi connectivity index (χ4v) is 5.07. The number of hydrogen-bond donors (Lipinski definition) is 2. The van der Waals surface area contributed by atoms with Crippen LogP contribution in [0.1, 0.15) is 17.8 Å². The van der Waals surface area contributed by atoms with Gasteiger partial charge < -0.3 is 5.11 Å². The molecule has 0 radical (unpaired) electrons. The van der Waals surface area contributed by atoms with E-state index in [-0.39, 0.29) is 28.2 Å². The molecule has 1 unspecified atom stereocenters. The summed E-state index contributed by atoms with van der Waals surface area (Å²) in [6.45, 7) is -0.542. The Hall–Kier alpha value is -3.46. The van der Waals surface area contributed by atoms with Crippen LogP contribution < -0.4 is 4.72 Å². The van der Waals surface area contributed by atoms with Gasteiger partial charge in [0.1, 0.15) is 17.0 Å². The summed E-state index contributed by atoms with van der Waals surface area (Å²) < 4.78 is 32.5. The maximum absolute atomic E-state index is 12.9. The molecule has 0 aliphatic carbocycles. The maximum Gasteiger partial charge on any atom is 0.305 e. The van der Waals surface area contributed by atoms with Crippen molar-refractivity contribution in [2.75, 3.05) is 0 Å². The van der Waals surface area contributed by atoms with Gasteiger partial charge in [0.15, 0.2) is 17.1 Å². The first-order valence-corrected chi connectivity index (χ1v) is 12.1. The Labute approximate surface area is 207 Å². The van der Waals surface area contributed by atoms with Crippen LogP contribution in [0.3, 0.4) is 0 Å². The molecule has 4 aromatic rings. The first-order valence-electron chi connectivity index (χ1n) is 9.82. The number of aliphatic carboxylic acids is 1. The van der Waals surface area contributed by atoms with E-state index in [1.807, 2.05) is 0 Å². The molecule has 35 heavy (non-hydrogen) atoms. The number of carbonyl (C=O) groups is 2. The third kappa shape index (κ3) is 5.62. The van der Waals surface area contributed by atoms with Gasteiger partial charge in [-0.25, -0.2) is 13.0 Å². The van der Waals surface area contributed by atoms with E-state index in [9.17, 15) is 23.1 Å². The van der Waals surface area contributed by atoms with E-state index < -0.39 is 40.8 Å². The van der Waals surface area contributed by atoms with Gasteiger partial charge in [0.2, 0.25) is 10.0 Å². The molecule has 0 aliphatic rings. The number of halogens is 2. The Balaban J connectivity index is 1.52. The molecule has 0 aliphatic heterocycles. The fraction of sp³-hybridized carbons (Fsp3) is 0.211. The number of tetrazole rings is 1. The minimum absolute atomic E-state index is 0.0673. The third-order valence-electron chi connectivity index (χ3n) is 4.79. The zero-order valence-electron chi connectivity index (χ0n) is 17.5. The minimum Gasteiger partial charge on any atom is -0.481 e. The number of benzene rings is 2. The Bertz CT molecular complexity index is 1500. The number of carboxylic acids is 1. The smallest absolute Gasteiger partial charge is 0.305 e. The number of ketones is 1. The van der Waals surface area contributed by atoms with Crippen LogP contribution >= 0.6 is 23.2 Å². The second-order valence-corrected chi connectivity index (χ2v) is 9.74. The Morgan fingerprint density at radius 2 is 1.83 bits per heavy atom. The number of nitrogens with zero attached hydrogens (tertiary/aromatic N) is 6. The number of sulfonamides is 1. The van der Waals surface area contributed by atoms with Crippen LogP contribution in [0.4, 0.5) is 0 Å². The summed E-state index contributed by atoms with van der Waals surface area (Å²) in [6, 6.07) is 7.46. The van der Waals surface area contributed by atoms with E-state index in [1.165, 1.54) is 18.2 Å². The number of hydrogen-bond acceptors (Lipinski definition) is 10. The molecule has 2 aromatic carbocycles. The van der Waals surface area contributed by atoms with E-state index in [0.29, 0.717) is 15.6 Å². The van der Waals surface area contributed by atoms with E-state index in [4.69, 9.17) is 23.2 Å². The van der Waals surface area contributed by atoms with Crippen molar-refractivity contribution < 1.29 is 27.7 Å². The quantitative estimate of drug-likeness (QED) is 0.297. The van der Waals surface area contributed by atoms with Crippen molar-refractivity contribution >= 4 is 56.0 Å². The maximum atomic E-state index is 12.9. The lowest BCUT2D eigenvalue weighted by Gasteiger charge is -2.15. The SMILES string of the molecule is O=C(O)CC(NS(=O)(=O)c1cccc2nonc12)C(=O)Cn1nnc(Cc2c(Cl)cccc2Cl)n1. The van der Waals surface area contributed by atoms with Gasteiger partial charge in [0.25, 0.3) is 0 Å². The standard InChI is InChI=1S/C19H15Cl2N7O6S/c20-11-3-1-4-12(21)10(11)7-17-22-27-28(23-17)9-15(29)14(8-18(30)31)26-35(32,33)16-6-2-5-13-19(16)25-34-24-13/h1-6,14,26H,7-9H2,(H,30,31). The molecular weight excluding hydrogens is 525 g/mol. The van der Waals surface area contributed by atoms with Crippen LogP contribution in [-0.2, 0) is 32.6 Å². The van der Waals surface area contributed by atoms with Gasteiger partial charge in [-0.1, -0.05) is 35.3 Å². The summed E-state index contributed by atoms with van der Waals surface area (Å²) in [5.41, 5.74) is 0.670. The monoisotopic (exact) mass is 539 g/mol. The molecular formula is C19H15Cl2N7O6S. The Morgan fingerprint density at radius 3 is 2.54 bits per heavy atom. The molecule has 0 spiro atoms. The van der Waals surface area contributed by atoms with E-state index in [0.717, 1.165) is 4.80 Å². The summed E-state index contributed by atoms with van der Waals surface area (Å²) >= 11 is 12.3. The summed E-state index contributed by atoms with van der Waals surface area (Å²) in [5.74, 6) is -2.00. The Kier molecular flexibility index (Phi) is 7.07. The molecule has 0 bridgehead atoms. The van der Waals surface area contributed by atoms with Crippen LogP contribution in [0.5, 0.6) is 0 Å². The molecule has 2 N–H and O–H groups in total. The van der Waals surface area contributed by atoms with Crippen LogP contribution in [0.2, 0.25) is 10.0 Å². The van der Waals surface area contributed by atoms with Gasteiger partial charge in [-0.3, -0.25) is 9.59 Å². The second kappa shape index (κ2) is 10.0. The van der Waals surface area contributed by atoms with Crippen molar-refractivity contribution in [1.29, 1.82) is 0 Å². The molecule has 4 rings (SSSR count). The summed E-state index contributed by atoms with van der Waals surface area (Å²) in [6.07, 6.45) is -0.685. The second-order valence-electron chi connectivity index (χ2n) is 7.24. The van der Waals surface area contributed by atoms with Gasteiger partial charge in [-0.15, -0.1) is 10.2 Å². The highest BCUT2D eigenvalue weighted by atomic mass is 35.5. The first kappa shape index (κ1) is 24.7. The van der Waals surface area contributed by atoms with Crippen molar-refractivity contribution in [1.82, 2.24) is 35.2 Å². The summed E-state index contributed by atoms with van der Waals surface area (Å²) in [4.78, 5) is 24.8. The summed E-state index contributed by atoms with van der Waals surface area (Å²) in [7, 11) is -4.38. The molecule has 2 heterocycles. The van der Waals surface area contributed by atoms with Crippen molar-refractivity contribution in [3.8, 4) is 0 Å². The zero-order chi connectivity index (χ0) is 25.2. The van der Waals surface area contributed by atoms with Crippen LogP contribution in [0, 0.1) is 0 Å². The van der Waals surface area contributed by atoms with Crippen LogP contribution in [0.15, 0.2) is 45.9 Å². The molecule has 13 nitrogen and oxygen atoms in total. The van der Waals surface area contributed by atoms with E-state index in [1.54, 1.807) is 18.2 Å². The molecule has 0 saturated heterocycles.